The lowest BCUT2D eigenvalue weighted by Crippen LogP contribution is -2.34. The molecule has 0 fully saturated rings. The van der Waals surface area contributed by atoms with Gasteiger partial charge in [0.05, 0.1) is 0 Å². The number of fused-ring (bicyclic) bond motifs is 2. The van der Waals surface area contributed by atoms with E-state index in [1.807, 2.05) is 0 Å². The molecule has 1 heteroatoms. The Morgan fingerprint density at radius 3 is 2.11 bits per heavy atom. The van der Waals surface area contributed by atoms with Crippen molar-refractivity contribution in [3.05, 3.63) is 39.9 Å². The average molecular weight is 236 g/mol. The van der Waals surface area contributed by atoms with Crippen molar-refractivity contribution in [2.24, 2.45) is 0 Å². The van der Waals surface area contributed by atoms with E-state index >= 15 is 0 Å². The predicted octanol–water partition coefficient (Wildman–Crippen LogP) is 4.10. The molecule has 0 atom stereocenters. The van der Waals surface area contributed by atoms with Crippen LogP contribution in [-0.2, 0) is 17.3 Å². The quantitative estimate of drug-likeness (QED) is 0.595. The second kappa shape index (κ2) is 3.53. The van der Waals surface area contributed by atoms with Crippen LogP contribution in [0, 0.1) is 0 Å². The van der Waals surface area contributed by atoms with Gasteiger partial charge < -0.3 is 0 Å². The van der Waals surface area contributed by atoms with Crippen LogP contribution in [-0.4, -0.2) is 7.85 Å². The molecule has 0 saturated carbocycles. The molecule has 0 spiro atoms. The van der Waals surface area contributed by atoms with E-state index < -0.39 is 0 Å². The molecule has 0 aromatic heterocycles. The minimum absolute atomic E-state index is 0.297. The van der Waals surface area contributed by atoms with Gasteiger partial charge in [-0.15, -0.1) is 5.47 Å². The molecule has 0 aliphatic heterocycles. The molecule has 2 aliphatic carbocycles. The summed E-state index contributed by atoms with van der Waals surface area (Å²) in [5, 5.41) is 0. The molecule has 2 radical (unpaired) electrons. The largest absolute Gasteiger partial charge is 0.113 e. The third kappa shape index (κ3) is 1.67. The lowest BCUT2D eigenvalue weighted by molar-refractivity contribution is 0.331. The molecule has 0 unspecified atom stereocenters. The van der Waals surface area contributed by atoms with E-state index in [1.165, 1.54) is 29.5 Å². The van der Waals surface area contributed by atoms with Crippen molar-refractivity contribution in [1.82, 2.24) is 0 Å². The van der Waals surface area contributed by atoms with Crippen molar-refractivity contribution in [2.75, 3.05) is 0 Å². The molecule has 1 aromatic rings. The van der Waals surface area contributed by atoms with Crippen LogP contribution in [0.5, 0.6) is 0 Å². The standard InChI is InChI=1S/C17H21B/c1-16(2)5-6-17(3,4)15-10-12-8-13(18)7-11(12)9-14(15)16/h7,9-10H,5-6,8H2,1-4H3. The maximum atomic E-state index is 5.98. The third-order valence-electron chi connectivity index (χ3n) is 4.85. The molecule has 0 amide bonds. The molecule has 2 aliphatic rings. The van der Waals surface area contributed by atoms with Crippen LogP contribution in [0.3, 0.4) is 0 Å². The first-order chi connectivity index (χ1) is 8.29. The second-order valence-electron chi connectivity index (χ2n) is 7.26. The second-order valence-corrected chi connectivity index (χ2v) is 7.26. The summed E-state index contributed by atoms with van der Waals surface area (Å²) in [6.07, 6.45) is 5.62. The number of hydrogen-bond acceptors (Lipinski definition) is 0. The number of rotatable bonds is 0. The van der Waals surface area contributed by atoms with E-state index in [4.69, 9.17) is 7.85 Å². The van der Waals surface area contributed by atoms with Gasteiger partial charge in [-0.05, 0) is 52.3 Å². The molecule has 0 N–H and O–H groups in total. The Kier molecular flexibility index (Phi) is 2.37. The highest BCUT2D eigenvalue weighted by Crippen LogP contribution is 2.47. The van der Waals surface area contributed by atoms with Crippen LogP contribution in [0.1, 0.15) is 62.8 Å². The van der Waals surface area contributed by atoms with Crippen LogP contribution < -0.4 is 0 Å². The molecule has 18 heavy (non-hydrogen) atoms. The molecule has 3 rings (SSSR count). The summed E-state index contributed by atoms with van der Waals surface area (Å²) in [5.74, 6) is 0. The molecule has 0 nitrogen and oxygen atoms in total. The summed E-state index contributed by atoms with van der Waals surface area (Å²) < 4.78 is 0. The van der Waals surface area contributed by atoms with Gasteiger partial charge in [0.2, 0.25) is 0 Å². The molecule has 92 valence electrons. The molecular formula is C17H21B. The van der Waals surface area contributed by atoms with Gasteiger partial charge in [0.25, 0.3) is 0 Å². The van der Waals surface area contributed by atoms with Gasteiger partial charge in [0.1, 0.15) is 7.85 Å². The Balaban J connectivity index is 2.23. The summed E-state index contributed by atoms with van der Waals surface area (Å²) in [4.78, 5) is 0. The monoisotopic (exact) mass is 236 g/mol. The maximum absolute atomic E-state index is 5.98. The van der Waals surface area contributed by atoms with Crippen molar-refractivity contribution < 1.29 is 0 Å². The highest BCUT2D eigenvalue weighted by Gasteiger charge is 2.37. The Morgan fingerprint density at radius 1 is 0.944 bits per heavy atom. The summed E-state index contributed by atoms with van der Waals surface area (Å²) in [7, 11) is 5.98. The zero-order chi connectivity index (χ0) is 13.1. The van der Waals surface area contributed by atoms with Crippen LogP contribution >= 0.6 is 0 Å². The third-order valence-corrected chi connectivity index (χ3v) is 4.85. The lowest BCUT2D eigenvalue weighted by Gasteiger charge is -2.42. The van der Waals surface area contributed by atoms with Gasteiger partial charge in [-0.3, -0.25) is 0 Å². The SMILES string of the molecule is [B]C1=Cc2cc3c(cc2C1)C(C)(C)CCC3(C)C. The van der Waals surface area contributed by atoms with Gasteiger partial charge in [-0.2, -0.15) is 0 Å². The van der Waals surface area contributed by atoms with Crippen LogP contribution in [0.4, 0.5) is 0 Å². The van der Waals surface area contributed by atoms with E-state index in [9.17, 15) is 0 Å². The first kappa shape index (κ1) is 12.1. The highest BCUT2D eigenvalue weighted by molar-refractivity contribution is 6.25. The van der Waals surface area contributed by atoms with E-state index in [1.54, 1.807) is 5.56 Å². The Hall–Kier alpha value is -0.975. The van der Waals surface area contributed by atoms with Gasteiger partial charge >= 0.3 is 0 Å². The minimum atomic E-state index is 0.297. The van der Waals surface area contributed by atoms with Gasteiger partial charge in [0.15, 0.2) is 0 Å². The number of hydrogen-bond donors (Lipinski definition) is 0. The zero-order valence-corrected chi connectivity index (χ0v) is 11.9. The molecular weight excluding hydrogens is 215 g/mol. The first-order valence-electron chi connectivity index (χ1n) is 6.93. The summed E-state index contributed by atoms with van der Waals surface area (Å²) in [5.41, 5.74) is 7.43. The summed E-state index contributed by atoms with van der Waals surface area (Å²) >= 11 is 0. The molecule has 0 bridgehead atoms. The van der Waals surface area contributed by atoms with Crippen molar-refractivity contribution >= 4 is 13.9 Å². The smallest absolute Gasteiger partial charge is 0.108 e. The summed E-state index contributed by atoms with van der Waals surface area (Å²) in [6.45, 7) is 9.49. The number of allylic oxidation sites excluding steroid dienone is 1. The summed E-state index contributed by atoms with van der Waals surface area (Å²) in [6, 6.07) is 4.81. The maximum Gasteiger partial charge on any atom is 0.108 e. The topological polar surface area (TPSA) is 0 Å². The van der Waals surface area contributed by atoms with Crippen LogP contribution in [0.15, 0.2) is 17.6 Å². The Morgan fingerprint density at radius 2 is 1.50 bits per heavy atom. The van der Waals surface area contributed by atoms with Gasteiger partial charge in [-0.25, -0.2) is 0 Å². The fourth-order valence-corrected chi connectivity index (χ4v) is 3.43. The minimum Gasteiger partial charge on any atom is -0.113 e. The van der Waals surface area contributed by atoms with Crippen LogP contribution in [0.2, 0.25) is 0 Å². The first-order valence-corrected chi connectivity index (χ1v) is 6.93. The average Bonchev–Trinajstić information content (AvgIpc) is 2.62. The van der Waals surface area contributed by atoms with Crippen molar-refractivity contribution in [1.29, 1.82) is 0 Å². The normalized spacial score (nSPS) is 23.2. The van der Waals surface area contributed by atoms with Crippen molar-refractivity contribution in [3.8, 4) is 0 Å². The zero-order valence-electron chi connectivity index (χ0n) is 11.9. The predicted molar refractivity (Wildman–Crippen MR) is 79.2 cm³/mol. The molecule has 0 saturated heterocycles. The lowest BCUT2D eigenvalue weighted by atomic mass is 9.62. The molecule has 0 heterocycles. The van der Waals surface area contributed by atoms with Crippen molar-refractivity contribution in [2.45, 2.75) is 57.8 Å². The fourth-order valence-electron chi connectivity index (χ4n) is 3.43. The highest BCUT2D eigenvalue weighted by atomic mass is 14.4. The number of benzene rings is 1. The Labute approximate surface area is 112 Å². The van der Waals surface area contributed by atoms with E-state index in [0.717, 1.165) is 11.9 Å². The fraction of sp³-hybridized carbons (Fsp3) is 0.529. The van der Waals surface area contributed by atoms with E-state index in [2.05, 4.69) is 45.9 Å². The van der Waals surface area contributed by atoms with Gasteiger partial charge in [-0.1, -0.05) is 45.9 Å². The van der Waals surface area contributed by atoms with Gasteiger partial charge in [0, 0.05) is 0 Å². The van der Waals surface area contributed by atoms with E-state index in [0.29, 0.717) is 10.8 Å². The Bertz CT molecular complexity index is 547. The van der Waals surface area contributed by atoms with Crippen molar-refractivity contribution in [3.63, 3.8) is 0 Å². The van der Waals surface area contributed by atoms with E-state index in [-0.39, 0.29) is 0 Å². The molecule has 1 aromatic carbocycles. The van der Waals surface area contributed by atoms with Crippen LogP contribution in [0.25, 0.3) is 6.08 Å².